The second-order valence-corrected chi connectivity index (χ2v) is 3.07. The van der Waals surface area contributed by atoms with Gasteiger partial charge in [0, 0.05) is 13.6 Å². The summed E-state index contributed by atoms with van der Waals surface area (Å²) in [6.07, 6.45) is 3.08. The Labute approximate surface area is 85.9 Å². The van der Waals surface area contributed by atoms with Gasteiger partial charge >= 0.3 is 0 Å². The summed E-state index contributed by atoms with van der Waals surface area (Å²) in [5, 5.41) is 7.53. The van der Waals surface area contributed by atoms with Crippen molar-refractivity contribution in [3.8, 4) is 0 Å². The van der Waals surface area contributed by atoms with Gasteiger partial charge < -0.3 is 5.32 Å². The molecular formula is C9H18ClN3. The average Bonchev–Trinajstić information content (AvgIpc) is 2.35. The lowest BCUT2D eigenvalue weighted by Crippen LogP contribution is -2.16. The predicted octanol–water partition coefficient (Wildman–Crippen LogP) is 1.65. The largest absolute Gasteiger partial charge is 0.311 e. The van der Waals surface area contributed by atoms with E-state index in [1.165, 1.54) is 17.7 Å². The third-order valence-corrected chi connectivity index (χ3v) is 1.99. The molecule has 1 N–H and O–H groups in total. The van der Waals surface area contributed by atoms with E-state index in [1.807, 2.05) is 17.9 Å². The number of halogens is 1. The summed E-state index contributed by atoms with van der Waals surface area (Å²) >= 11 is 0. The predicted molar refractivity (Wildman–Crippen MR) is 57.2 cm³/mol. The van der Waals surface area contributed by atoms with Crippen molar-refractivity contribution in [1.82, 2.24) is 15.1 Å². The molecule has 13 heavy (non-hydrogen) atoms. The number of rotatable bonds is 4. The molecule has 0 aliphatic heterocycles. The van der Waals surface area contributed by atoms with Crippen LogP contribution in [0.3, 0.4) is 0 Å². The first kappa shape index (κ1) is 12.5. The van der Waals surface area contributed by atoms with Crippen LogP contribution in [0.25, 0.3) is 0 Å². The molecule has 0 bridgehead atoms. The highest BCUT2D eigenvalue weighted by molar-refractivity contribution is 5.85. The van der Waals surface area contributed by atoms with Gasteiger partial charge in [0.2, 0.25) is 0 Å². The molecule has 0 saturated carbocycles. The topological polar surface area (TPSA) is 29.9 Å². The van der Waals surface area contributed by atoms with Gasteiger partial charge in [-0.2, -0.15) is 5.10 Å². The molecule has 1 aromatic heterocycles. The maximum Gasteiger partial charge on any atom is 0.0547 e. The zero-order chi connectivity index (χ0) is 8.97. The van der Waals surface area contributed by atoms with E-state index in [4.69, 9.17) is 0 Å². The molecule has 0 aliphatic carbocycles. The minimum Gasteiger partial charge on any atom is -0.311 e. The Morgan fingerprint density at radius 2 is 2.23 bits per heavy atom. The molecule has 0 radical (unpaired) electrons. The third kappa shape index (κ3) is 3.36. The van der Waals surface area contributed by atoms with Crippen molar-refractivity contribution in [2.24, 2.45) is 7.05 Å². The van der Waals surface area contributed by atoms with Crippen LogP contribution in [0, 0.1) is 6.92 Å². The molecule has 3 nitrogen and oxygen atoms in total. The van der Waals surface area contributed by atoms with E-state index >= 15 is 0 Å². The van der Waals surface area contributed by atoms with Crippen molar-refractivity contribution in [3.63, 3.8) is 0 Å². The average molecular weight is 204 g/mol. The van der Waals surface area contributed by atoms with Gasteiger partial charge in [0.05, 0.1) is 11.9 Å². The van der Waals surface area contributed by atoms with Gasteiger partial charge in [-0.05, 0) is 25.5 Å². The Kier molecular flexibility index (Phi) is 5.75. The Hall–Kier alpha value is -0.540. The Morgan fingerprint density at radius 1 is 1.54 bits per heavy atom. The summed E-state index contributed by atoms with van der Waals surface area (Å²) in [5.74, 6) is 0. The minimum absolute atomic E-state index is 0. The van der Waals surface area contributed by atoms with Crippen molar-refractivity contribution >= 4 is 12.4 Å². The van der Waals surface area contributed by atoms with Crippen molar-refractivity contribution < 1.29 is 0 Å². The highest BCUT2D eigenvalue weighted by Gasteiger charge is 2.01. The second kappa shape index (κ2) is 6.00. The van der Waals surface area contributed by atoms with Crippen molar-refractivity contribution in [1.29, 1.82) is 0 Å². The summed E-state index contributed by atoms with van der Waals surface area (Å²) in [5.41, 5.74) is 2.55. The number of hydrogen-bond acceptors (Lipinski definition) is 2. The highest BCUT2D eigenvalue weighted by Crippen LogP contribution is 2.04. The standard InChI is InChI=1S/C9H17N3.ClH/c1-4-5-10-7-9-8(2)6-11-12(9)3;/h6,10H,4-5,7H2,1-3H3;1H. The zero-order valence-electron chi connectivity index (χ0n) is 8.50. The van der Waals surface area contributed by atoms with Gasteiger partial charge in [-0.25, -0.2) is 0 Å². The van der Waals surface area contributed by atoms with Crippen LogP contribution in [-0.2, 0) is 13.6 Å². The van der Waals surface area contributed by atoms with E-state index in [9.17, 15) is 0 Å². The van der Waals surface area contributed by atoms with E-state index in [-0.39, 0.29) is 12.4 Å². The van der Waals surface area contributed by atoms with E-state index in [2.05, 4.69) is 24.3 Å². The van der Waals surface area contributed by atoms with Gasteiger partial charge in [0.15, 0.2) is 0 Å². The van der Waals surface area contributed by atoms with Crippen molar-refractivity contribution in [2.45, 2.75) is 26.8 Å². The van der Waals surface area contributed by atoms with Crippen LogP contribution in [0.4, 0.5) is 0 Å². The molecule has 0 amide bonds. The van der Waals surface area contributed by atoms with Gasteiger partial charge in [0.1, 0.15) is 0 Å². The first-order valence-corrected chi connectivity index (χ1v) is 4.44. The molecule has 4 heteroatoms. The lowest BCUT2D eigenvalue weighted by atomic mass is 10.3. The molecule has 0 fully saturated rings. The van der Waals surface area contributed by atoms with E-state index in [0.717, 1.165) is 13.1 Å². The van der Waals surface area contributed by atoms with Crippen LogP contribution in [0.15, 0.2) is 6.20 Å². The number of hydrogen-bond donors (Lipinski definition) is 1. The summed E-state index contributed by atoms with van der Waals surface area (Å²) in [7, 11) is 1.98. The Bertz CT molecular complexity index is 226. The highest BCUT2D eigenvalue weighted by atomic mass is 35.5. The number of aromatic nitrogens is 2. The maximum absolute atomic E-state index is 4.17. The first-order chi connectivity index (χ1) is 5.75. The molecule has 0 saturated heterocycles. The van der Waals surface area contributed by atoms with Crippen molar-refractivity contribution in [2.75, 3.05) is 6.54 Å². The molecular weight excluding hydrogens is 186 g/mol. The second-order valence-electron chi connectivity index (χ2n) is 3.07. The van der Waals surface area contributed by atoms with Crippen LogP contribution >= 0.6 is 12.4 Å². The molecule has 0 spiro atoms. The molecule has 76 valence electrons. The fourth-order valence-corrected chi connectivity index (χ4v) is 1.21. The molecule has 1 aromatic rings. The van der Waals surface area contributed by atoms with E-state index < -0.39 is 0 Å². The monoisotopic (exact) mass is 203 g/mol. The fourth-order valence-electron chi connectivity index (χ4n) is 1.21. The van der Waals surface area contributed by atoms with Gasteiger partial charge in [0.25, 0.3) is 0 Å². The minimum atomic E-state index is 0. The number of aryl methyl sites for hydroxylation is 2. The van der Waals surface area contributed by atoms with Crippen LogP contribution in [0.2, 0.25) is 0 Å². The summed E-state index contributed by atoms with van der Waals surface area (Å²) in [4.78, 5) is 0. The number of nitrogens with one attached hydrogen (secondary N) is 1. The van der Waals surface area contributed by atoms with Gasteiger partial charge in [-0.15, -0.1) is 12.4 Å². The SMILES string of the molecule is CCCNCc1c(C)cnn1C.Cl. The zero-order valence-corrected chi connectivity index (χ0v) is 9.32. The first-order valence-electron chi connectivity index (χ1n) is 4.44. The smallest absolute Gasteiger partial charge is 0.0547 e. The maximum atomic E-state index is 4.17. The lowest BCUT2D eigenvalue weighted by molar-refractivity contribution is 0.618. The summed E-state index contributed by atoms with van der Waals surface area (Å²) in [6, 6.07) is 0. The molecule has 0 aliphatic rings. The molecule has 0 unspecified atom stereocenters. The number of nitrogens with zero attached hydrogens (tertiary/aromatic N) is 2. The van der Waals surface area contributed by atoms with Crippen LogP contribution in [-0.4, -0.2) is 16.3 Å². The molecule has 0 aromatic carbocycles. The van der Waals surface area contributed by atoms with Crippen LogP contribution in [0.5, 0.6) is 0 Å². The van der Waals surface area contributed by atoms with Crippen LogP contribution in [0.1, 0.15) is 24.6 Å². The molecule has 1 heterocycles. The summed E-state index contributed by atoms with van der Waals surface area (Å²) < 4.78 is 1.93. The van der Waals surface area contributed by atoms with Gasteiger partial charge in [-0.1, -0.05) is 6.92 Å². The lowest BCUT2D eigenvalue weighted by Gasteiger charge is -2.04. The normalized spacial score (nSPS) is 9.77. The third-order valence-electron chi connectivity index (χ3n) is 1.99. The fraction of sp³-hybridized carbons (Fsp3) is 0.667. The van der Waals surface area contributed by atoms with Crippen molar-refractivity contribution in [3.05, 3.63) is 17.5 Å². The Morgan fingerprint density at radius 3 is 2.69 bits per heavy atom. The molecule has 1 rings (SSSR count). The molecule has 0 atom stereocenters. The van der Waals surface area contributed by atoms with E-state index in [0.29, 0.717) is 0 Å². The summed E-state index contributed by atoms with van der Waals surface area (Å²) in [6.45, 7) is 6.26. The quantitative estimate of drug-likeness (QED) is 0.755. The Balaban J connectivity index is 0.00000144. The van der Waals surface area contributed by atoms with E-state index in [1.54, 1.807) is 0 Å². The van der Waals surface area contributed by atoms with Gasteiger partial charge in [-0.3, -0.25) is 4.68 Å². The van der Waals surface area contributed by atoms with Crippen LogP contribution < -0.4 is 5.32 Å².